The van der Waals surface area contributed by atoms with Crippen LogP contribution in [0.25, 0.3) is 11.1 Å². The molecule has 3 N–H and O–H groups in total. The summed E-state index contributed by atoms with van der Waals surface area (Å²) in [6.45, 7) is 4.42. The Morgan fingerprint density at radius 2 is 1.62 bits per heavy atom. The lowest BCUT2D eigenvalue weighted by atomic mass is 9.98. The number of ether oxygens (including phenoxy) is 1. The second-order valence-electron chi connectivity index (χ2n) is 9.02. The quantitative estimate of drug-likeness (QED) is 0.421. The highest BCUT2D eigenvalue weighted by atomic mass is 16.5. The highest BCUT2D eigenvalue weighted by molar-refractivity contribution is 5.79. The predicted octanol–water partition coefficient (Wildman–Crippen LogP) is 4.70. The maximum Gasteiger partial charge on any atom is 0.407 e. The summed E-state index contributed by atoms with van der Waals surface area (Å²) >= 11 is 0. The number of hydrogen-bond donors (Lipinski definition) is 3. The zero-order valence-electron chi connectivity index (χ0n) is 19.9. The van der Waals surface area contributed by atoms with Gasteiger partial charge in [-0.3, -0.25) is 9.59 Å². The van der Waals surface area contributed by atoms with Gasteiger partial charge in [-0.25, -0.2) is 4.79 Å². The van der Waals surface area contributed by atoms with Crippen molar-refractivity contribution in [1.82, 2.24) is 10.6 Å². The summed E-state index contributed by atoms with van der Waals surface area (Å²) in [5.74, 6) is -1.25. The Labute approximate surface area is 200 Å². The molecule has 2 amide bonds. The van der Waals surface area contributed by atoms with Gasteiger partial charge < -0.3 is 20.5 Å². The molecule has 0 heterocycles. The lowest BCUT2D eigenvalue weighted by Crippen LogP contribution is -2.38. The van der Waals surface area contributed by atoms with Crippen LogP contribution in [0.4, 0.5) is 4.79 Å². The van der Waals surface area contributed by atoms with Crippen molar-refractivity contribution in [2.75, 3.05) is 13.2 Å². The van der Waals surface area contributed by atoms with Crippen LogP contribution in [-0.4, -0.2) is 42.3 Å². The van der Waals surface area contributed by atoms with Crippen molar-refractivity contribution in [2.24, 2.45) is 5.92 Å². The standard InChI is InChI=1S/C27H34N2O5/c1-3-4-9-19(15-26(31)32)29-25(30)14-18(2)16-28-27(33)34-17-24-22-12-7-5-10-20(22)21-11-6-8-13-23(21)24/h5-8,10-13,18-19,24H,3-4,9,14-17H2,1-2H3,(H,28,33)(H,29,30)(H,31,32). The number of unbranched alkanes of at least 4 members (excludes halogenated alkanes) is 1. The molecule has 0 fully saturated rings. The van der Waals surface area contributed by atoms with Crippen molar-refractivity contribution in [1.29, 1.82) is 0 Å². The monoisotopic (exact) mass is 466 g/mol. The average molecular weight is 467 g/mol. The molecular weight excluding hydrogens is 432 g/mol. The summed E-state index contributed by atoms with van der Waals surface area (Å²) in [6.07, 6.45) is 2.04. The summed E-state index contributed by atoms with van der Waals surface area (Å²) in [7, 11) is 0. The maximum absolute atomic E-state index is 12.3. The molecule has 1 aliphatic carbocycles. The van der Waals surface area contributed by atoms with Crippen LogP contribution >= 0.6 is 0 Å². The number of carboxylic acids is 1. The Bertz CT molecular complexity index is 961. The molecule has 2 aromatic carbocycles. The minimum absolute atomic E-state index is 0.00404. The number of benzene rings is 2. The predicted molar refractivity (Wildman–Crippen MR) is 131 cm³/mol. The van der Waals surface area contributed by atoms with E-state index in [9.17, 15) is 14.4 Å². The van der Waals surface area contributed by atoms with Gasteiger partial charge in [-0.15, -0.1) is 0 Å². The molecule has 3 rings (SSSR count). The average Bonchev–Trinajstić information content (AvgIpc) is 3.13. The van der Waals surface area contributed by atoms with Crippen LogP contribution in [-0.2, 0) is 14.3 Å². The first-order valence-corrected chi connectivity index (χ1v) is 12.0. The fourth-order valence-corrected chi connectivity index (χ4v) is 4.47. The molecule has 0 saturated heterocycles. The Kier molecular flexibility index (Phi) is 9.08. The van der Waals surface area contributed by atoms with Gasteiger partial charge in [0.25, 0.3) is 0 Å². The van der Waals surface area contributed by atoms with Gasteiger partial charge in [0.1, 0.15) is 6.61 Å². The van der Waals surface area contributed by atoms with E-state index in [4.69, 9.17) is 9.84 Å². The van der Waals surface area contributed by atoms with Crippen LogP contribution in [0.5, 0.6) is 0 Å². The molecule has 0 aliphatic heterocycles. The normalized spacial score (nSPS) is 13.9. The molecule has 7 nitrogen and oxygen atoms in total. The van der Waals surface area contributed by atoms with Crippen molar-refractivity contribution >= 4 is 18.0 Å². The molecule has 7 heteroatoms. The SMILES string of the molecule is CCCCC(CC(=O)O)NC(=O)CC(C)CNC(=O)OCC1c2ccccc2-c2ccccc21. The summed E-state index contributed by atoms with van der Waals surface area (Å²) in [6, 6.07) is 16.0. The zero-order chi connectivity index (χ0) is 24.5. The van der Waals surface area contributed by atoms with Gasteiger partial charge in [-0.1, -0.05) is 75.2 Å². The van der Waals surface area contributed by atoms with Crippen molar-refractivity contribution in [3.63, 3.8) is 0 Å². The summed E-state index contributed by atoms with van der Waals surface area (Å²) in [5, 5.41) is 14.6. The molecular formula is C27H34N2O5. The number of alkyl carbamates (subject to hydrolysis) is 1. The molecule has 0 saturated carbocycles. The van der Waals surface area contributed by atoms with E-state index in [1.54, 1.807) is 0 Å². The second kappa shape index (κ2) is 12.2. The summed E-state index contributed by atoms with van der Waals surface area (Å²) in [5.41, 5.74) is 4.65. The molecule has 0 bridgehead atoms. The van der Waals surface area contributed by atoms with E-state index in [0.717, 1.165) is 24.0 Å². The minimum atomic E-state index is -0.925. The first kappa shape index (κ1) is 25.3. The molecule has 34 heavy (non-hydrogen) atoms. The maximum atomic E-state index is 12.3. The molecule has 0 radical (unpaired) electrons. The number of hydrogen-bond acceptors (Lipinski definition) is 4. The van der Waals surface area contributed by atoms with Gasteiger partial charge in [0.15, 0.2) is 0 Å². The number of carbonyl (C=O) groups excluding carboxylic acids is 2. The van der Waals surface area contributed by atoms with Gasteiger partial charge >= 0.3 is 12.1 Å². The zero-order valence-corrected chi connectivity index (χ0v) is 19.9. The number of nitrogens with one attached hydrogen (secondary N) is 2. The third kappa shape index (κ3) is 6.83. The van der Waals surface area contributed by atoms with E-state index in [0.29, 0.717) is 13.0 Å². The van der Waals surface area contributed by atoms with Crippen molar-refractivity contribution in [2.45, 2.75) is 57.9 Å². The molecule has 0 aromatic heterocycles. The van der Waals surface area contributed by atoms with E-state index in [1.165, 1.54) is 11.1 Å². The third-order valence-corrected chi connectivity index (χ3v) is 6.16. The van der Waals surface area contributed by atoms with Gasteiger partial charge in [-0.05, 0) is 34.6 Å². The van der Waals surface area contributed by atoms with Crippen molar-refractivity contribution in [3.05, 3.63) is 59.7 Å². The number of amides is 2. The highest BCUT2D eigenvalue weighted by Gasteiger charge is 2.29. The van der Waals surface area contributed by atoms with E-state index in [2.05, 4.69) is 34.9 Å². The minimum Gasteiger partial charge on any atom is -0.481 e. The van der Waals surface area contributed by atoms with Gasteiger partial charge in [0.05, 0.1) is 6.42 Å². The number of rotatable bonds is 12. The molecule has 2 aromatic rings. The molecule has 1 aliphatic rings. The van der Waals surface area contributed by atoms with Crippen LogP contribution in [0.2, 0.25) is 0 Å². The lowest BCUT2D eigenvalue weighted by Gasteiger charge is -2.19. The molecule has 2 atom stereocenters. The number of carboxylic acid groups (broad SMARTS) is 1. The van der Waals surface area contributed by atoms with Crippen LogP contribution < -0.4 is 10.6 Å². The summed E-state index contributed by atoms with van der Waals surface area (Å²) in [4.78, 5) is 35.7. The topological polar surface area (TPSA) is 105 Å². The van der Waals surface area contributed by atoms with E-state index < -0.39 is 12.1 Å². The molecule has 0 spiro atoms. The highest BCUT2D eigenvalue weighted by Crippen LogP contribution is 2.44. The van der Waals surface area contributed by atoms with Crippen LogP contribution in [0, 0.1) is 5.92 Å². The van der Waals surface area contributed by atoms with E-state index >= 15 is 0 Å². The number of fused-ring (bicyclic) bond motifs is 3. The molecule has 2 unspecified atom stereocenters. The largest absolute Gasteiger partial charge is 0.481 e. The molecule has 182 valence electrons. The van der Waals surface area contributed by atoms with E-state index in [1.807, 2.05) is 38.1 Å². The Morgan fingerprint density at radius 3 is 2.21 bits per heavy atom. The van der Waals surface area contributed by atoms with Gasteiger partial charge in [0.2, 0.25) is 5.91 Å². The Morgan fingerprint density at radius 1 is 1.00 bits per heavy atom. The first-order valence-electron chi connectivity index (χ1n) is 12.0. The third-order valence-electron chi connectivity index (χ3n) is 6.16. The second-order valence-corrected chi connectivity index (χ2v) is 9.02. The van der Waals surface area contributed by atoms with E-state index in [-0.39, 0.29) is 43.2 Å². The van der Waals surface area contributed by atoms with Crippen LogP contribution in [0.1, 0.15) is 63.0 Å². The smallest absolute Gasteiger partial charge is 0.407 e. The summed E-state index contributed by atoms with van der Waals surface area (Å²) < 4.78 is 5.53. The van der Waals surface area contributed by atoms with Crippen LogP contribution in [0.3, 0.4) is 0 Å². The Hall–Kier alpha value is -3.35. The van der Waals surface area contributed by atoms with Gasteiger partial charge in [-0.2, -0.15) is 0 Å². The van der Waals surface area contributed by atoms with Crippen LogP contribution in [0.15, 0.2) is 48.5 Å². The van der Waals surface area contributed by atoms with Crippen molar-refractivity contribution < 1.29 is 24.2 Å². The fraction of sp³-hybridized carbons (Fsp3) is 0.444. The van der Waals surface area contributed by atoms with Crippen molar-refractivity contribution in [3.8, 4) is 11.1 Å². The number of carbonyl (C=O) groups is 3. The Balaban J connectivity index is 1.44. The number of aliphatic carboxylic acids is 1. The fourth-order valence-electron chi connectivity index (χ4n) is 4.47. The lowest BCUT2D eigenvalue weighted by molar-refractivity contribution is -0.137. The van der Waals surface area contributed by atoms with Gasteiger partial charge in [0, 0.05) is 24.9 Å². The first-order chi connectivity index (χ1) is 16.4.